The second-order valence-corrected chi connectivity index (χ2v) is 3.63. The van der Waals surface area contributed by atoms with Gasteiger partial charge in [-0.15, -0.1) is 0 Å². The molecule has 1 aromatic heterocycles. The van der Waals surface area contributed by atoms with Gasteiger partial charge in [0.15, 0.2) is 0 Å². The Kier molecular flexibility index (Phi) is 1.72. The lowest BCUT2D eigenvalue weighted by Crippen LogP contribution is -1.93. The molecule has 1 nitrogen and oxygen atoms in total. The summed E-state index contributed by atoms with van der Waals surface area (Å²) >= 11 is 0. The van der Waals surface area contributed by atoms with Gasteiger partial charge in [0.05, 0.1) is 0 Å². The quantitative estimate of drug-likeness (QED) is 0.614. The lowest BCUT2D eigenvalue weighted by molar-refractivity contribution is 0.754. The Morgan fingerprint density at radius 2 is 2.25 bits per heavy atom. The van der Waals surface area contributed by atoms with Crippen LogP contribution in [-0.2, 0) is 6.42 Å². The van der Waals surface area contributed by atoms with E-state index >= 15 is 0 Å². The van der Waals surface area contributed by atoms with Crippen LogP contribution in [0.1, 0.15) is 25.0 Å². The van der Waals surface area contributed by atoms with Crippen molar-refractivity contribution in [2.24, 2.45) is 5.92 Å². The van der Waals surface area contributed by atoms with E-state index in [0.29, 0.717) is 5.92 Å². The zero-order valence-electron chi connectivity index (χ0n) is 7.54. The number of hydrogen-bond donors (Lipinski definition) is 0. The molecular weight excluding hydrogens is 146 g/mol. The lowest BCUT2D eigenvalue weighted by atomic mass is 10.0. The summed E-state index contributed by atoms with van der Waals surface area (Å²) in [7, 11) is 0. The molecule has 0 N–H and O–H groups in total. The standard InChI is InChI=1S/C11H13N/c1-8(2)10-5-9-3-4-12-7-11(9)6-10/h3-5,7-8H,6H2,1-2H3. The monoisotopic (exact) mass is 159 g/mol. The molecule has 1 aromatic rings. The zero-order valence-corrected chi connectivity index (χ0v) is 7.54. The minimum absolute atomic E-state index is 0.664. The molecule has 12 heavy (non-hydrogen) atoms. The van der Waals surface area contributed by atoms with Crippen molar-refractivity contribution in [3.05, 3.63) is 35.2 Å². The van der Waals surface area contributed by atoms with Gasteiger partial charge < -0.3 is 0 Å². The maximum absolute atomic E-state index is 4.12. The van der Waals surface area contributed by atoms with E-state index in [2.05, 4.69) is 31.0 Å². The van der Waals surface area contributed by atoms with Crippen LogP contribution in [0.25, 0.3) is 6.08 Å². The molecule has 2 rings (SSSR count). The van der Waals surface area contributed by atoms with Crippen molar-refractivity contribution >= 4 is 6.08 Å². The van der Waals surface area contributed by atoms with Gasteiger partial charge in [0.2, 0.25) is 0 Å². The zero-order chi connectivity index (χ0) is 8.55. The molecule has 0 bridgehead atoms. The largest absolute Gasteiger partial charge is 0.264 e. The summed E-state index contributed by atoms with van der Waals surface area (Å²) in [6.45, 7) is 4.48. The molecule has 1 heteroatoms. The van der Waals surface area contributed by atoms with E-state index in [1.165, 1.54) is 16.7 Å². The number of allylic oxidation sites excluding steroid dienone is 1. The van der Waals surface area contributed by atoms with E-state index in [9.17, 15) is 0 Å². The molecule has 1 aliphatic carbocycles. The first-order valence-electron chi connectivity index (χ1n) is 4.40. The number of aromatic nitrogens is 1. The maximum atomic E-state index is 4.12. The Morgan fingerprint density at radius 3 is 2.92 bits per heavy atom. The SMILES string of the molecule is CC(C)C1=Cc2ccncc2C1. The summed E-state index contributed by atoms with van der Waals surface area (Å²) in [6.07, 6.45) is 7.22. The summed E-state index contributed by atoms with van der Waals surface area (Å²) < 4.78 is 0. The first-order valence-corrected chi connectivity index (χ1v) is 4.40. The summed E-state index contributed by atoms with van der Waals surface area (Å²) in [5.74, 6) is 0.664. The second-order valence-electron chi connectivity index (χ2n) is 3.63. The smallest absolute Gasteiger partial charge is 0.0309 e. The third-order valence-electron chi connectivity index (χ3n) is 2.42. The van der Waals surface area contributed by atoms with Gasteiger partial charge >= 0.3 is 0 Å². The minimum Gasteiger partial charge on any atom is -0.264 e. The minimum atomic E-state index is 0.664. The average molecular weight is 159 g/mol. The second kappa shape index (κ2) is 2.74. The number of pyridine rings is 1. The Bertz CT molecular complexity index is 324. The number of nitrogens with zero attached hydrogens (tertiary/aromatic N) is 1. The fraction of sp³-hybridized carbons (Fsp3) is 0.364. The molecule has 0 aliphatic heterocycles. The van der Waals surface area contributed by atoms with Crippen LogP contribution >= 0.6 is 0 Å². The van der Waals surface area contributed by atoms with Crippen molar-refractivity contribution in [2.45, 2.75) is 20.3 Å². The highest BCUT2D eigenvalue weighted by atomic mass is 14.6. The van der Waals surface area contributed by atoms with Gasteiger partial charge in [0, 0.05) is 12.4 Å². The molecule has 0 fully saturated rings. The van der Waals surface area contributed by atoms with Gasteiger partial charge in [-0.3, -0.25) is 4.98 Å². The molecule has 62 valence electrons. The van der Waals surface area contributed by atoms with E-state index in [-0.39, 0.29) is 0 Å². The van der Waals surface area contributed by atoms with Crippen molar-refractivity contribution in [3.8, 4) is 0 Å². The Balaban J connectivity index is 2.35. The number of hydrogen-bond acceptors (Lipinski definition) is 1. The highest BCUT2D eigenvalue weighted by molar-refractivity contribution is 5.63. The molecule has 0 unspecified atom stereocenters. The van der Waals surface area contributed by atoms with E-state index < -0.39 is 0 Å². The first kappa shape index (κ1) is 7.53. The van der Waals surface area contributed by atoms with Crippen LogP contribution in [-0.4, -0.2) is 4.98 Å². The van der Waals surface area contributed by atoms with Crippen molar-refractivity contribution in [2.75, 3.05) is 0 Å². The third kappa shape index (κ3) is 1.15. The fourth-order valence-corrected chi connectivity index (χ4v) is 1.57. The fourth-order valence-electron chi connectivity index (χ4n) is 1.57. The van der Waals surface area contributed by atoms with Gasteiger partial charge in [-0.05, 0) is 29.5 Å². The number of fused-ring (bicyclic) bond motifs is 1. The maximum Gasteiger partial charge on any atom is 0.0309 e. The molecule has 0 amide bonds. The normalized spacial score (nSPS) is 14.8. The van der Waals surface area contributed by atoms with Crippen molar-refractivity contribution < 1.29 is 0 Å². The first-order chi connectivity index (χ1) is 5.77. The van der Waals surface area contributed by atoms with Gasteiger partial charge in [0.1, 0.15) is 0 Å². The van der Waals surface area contributed by atoms with Crippen molar-refractivity contribution in [1.29, 1.82) is 0 Å². The van der Waals surface area contributed by atoms with Crippen LogP contribution in [0.4, 0.5) is 0 Å². The van der Waals surface area contributed by atoms with Gasteiger partial charge in [-0.2, -0.15) is 0 Å². The molecule has 1 aliphatic rings. The number of rotatable bonds is 1. The molecular formula is C11H13N. The predicted octanol–water partition coefficient (Wildman–Crippen LogP) is 2.68. The molecule has 0 spiro atoms. The van der Waals surface area contributed by atoms with Crippen LogP contribution in [0.5, 0.6) is 0 Å². The summed E-state index contributed by atoms with van der Waals surface area (Å²) in [5.41, 5.74) is 4.26. The van der Waals surface area contributed by atoms with E-state index in [0.717, 1.165) is 6.42 Å². The Labute approximate surface area is 73.1 Å². The topological polar surface area (TPSA) is 12.9 Å². The van der Waals surface area contributed by atoms with E-state index in [1.807, 2.05) is 12.4 Å². The molecule has 0 aromatic carbocycles. The third-order valence-corrected chi connectivity index (χ3v) is 2.42. The molecule has 0 radical (unpaired) electrons. The summed E-state index contributed by atoms with van der Waals surface area (Å²) in [5, 5.41) is 0. The van der Waals surface area contributed by atoms with Crippen molar-refractivity contribution in [3.63, 3.8) is 0 Å². The van der Waals surface area contributed by atoms with Crippen LogP contribution in [0.3, 0.4) is 0 Å². The summed E-state index contributed by atoms with van der Waals surface area (Å²) in [4.78, 5) is 4.12. The Morgan fingerprint density at radius 1 is 1.42 bits per heavy atom. The Hall–Kier alpha value is -1.11. The molecule has 0 saturated carbocycles. The van der Waals surface area contributed by atoms with Crippen molar-refractivity contribution in [1.82, 2.24) is 4.98 Å². The summed E-state index contributed by atoms with van der Waals surface area (Å²) in [6, 6.07) is 2.09. The molecule has 0 atom stereocenters. The van der Waals surface area contributed by atoms with Gasteiger partial charge in [0.25, 0.3) is 0 Å². The van der Waals surface area contributed by atoms with Crippen LogP contribution in [0, 0.1) is 5.92 Å². The highest BCUT2D eigenvalue weighted by Crippen LogP contribution is 2.28. The lowest BCUT2D eigenvalue weighted by Gasteiger charge is -2.03. The van der Waals surface area contributed by atoms with Gasteiger partial charge in [-0.1, -0.05) is 25.5 Å². The highest BCUT2D eigenvalue weighted by Gasteiger charge is 2.13. The molecule has 0 saturated heterocycles. The molecule has 1 heterocycles. The van der Waals surface area contributed by atoms with Crippen LogP contribution in [0.2, 0.25) is 0 Å². The van der Waals surface area contributed by atoms with Crippen LogP contribution in [0.15, 0.2) is 24.0 Å². The van der Waals surface area contributed by atoms with Crippen LogP contribution < -0.4 is 0 Å². The van der Waals surface area contributed by atoms with Gasteiger partial charge in [-0.25, -0.2) is 0 Å². The average Bonchev–Trinajstić information content (AvgIpc) is 2.46. The van der Waals surface area contributed by atoms with E-state index in [4.69, 9.17) is 0 Å². The van der Waals surface area contributed by atoms with E-state index in [1.54, 1.807) is 0 Å². The predicted molar refractivity (Wildman–Crippen MR) is 50.8 cm³/mol.